The third-order valence-corrected chi connectivity index (χ3v) is 4.89. The summed E-state index contributed by atoms with van der Waals surface area (Å²) in [7, 11) is 0. The quantitative estimate of drug-likeness (QED) is 0.455. The Kier molecular flexibility index (Phi) is 4.21. The van der Waals surface area contributed by atoms with Crippen molar-refractivity contribution in [1.29, 1.82) is 0 Å². The molecule has 5 aromatic rings. The van der Waals surface area contributed by atoms with Gasteiger partial charge in [-0.05, 0) is 37.3 Å². The number of aromatic nitrogens is 3. The van der Waals surface area contributed by atoms with Gasteiger partial charge < -0.3 is 9.84 Å². The van der Waals surface area contributed by atoms with Gasteiger partial charge in [0.25, 0.3) is 11.6 Å². The number of nitrogens with one attached hydrogen (secondary N) is 1. The van der Waals surface area contributed by atoms with E-state index < -0.39 is 5.82 Å². The Labute approximate surface area is 170 Å². The molecule has 0 aliphatic carbocycles. The third-order valence-electron chi connectivity index (χ3n) is 4.89. The predicted octanol–water partition coefficient (Wildman–Crippen LogP) is 5.14. The van der Waals surface area contributed by atoms with Crippen LogP contribution in [0.1, 0.15) is 16.1 Å². The first-order valence-electron chi connectivity index (χ1n) is 9.29. The highest BCUT2D eigenvalue weighted by atomic mass is 19.1. The topological polar surface area (TPSA) is 80.9 Å². The third kappa shape index (κ3) is 2.97. The Morgan fingerprint density at radius 1 is 1.07 bits per heavy atom. The Balaban J connectivity index is 1.65. The van der Waals surface area contributed by atoms with Gasteiger partial charge in [0.2, 0.25) is 0 Å². The normalized spacial score (nSPS) is 11.1. The molecule has 5 rings (SSSR count). The average Bonchev–Trinajstić information content (AvgIpc) is 3.14. The first kappa shape index (κ1) is 17.9. The van der Waals surface area contributed by atoms with Crippen LogP contribution in [0.5, 0.6) is 0 Å². The van der Waals surface area contributed by atoms with Gasteiger partial charge in [-0.1, -0.05) is 35.5 Å². The van der Waals surface area contributed by atoms with Crippen molar-refractivity contribution in [2.45, 2.75) is 6.92 Å². The van der Waals surface area contributed by atoms with Gasteiger partial charge in [0, 0.05) is 17.1 Å². The molecule has 0 unspecified atom stereocenters. The lowest BCUT2D eigenvalue weighted by molar-refractivity contribution is 0.102. The van der Waals surface area contributed by atoms with Gasteiger partial charge in [-0.2, -0.15) is 0 Å². The summed E-state index contributed by atoms with van der Waals surface area (Å²) in [6.07, 6.45) is 1.67. The fourth-order valence-electron chi connectivity index (χ4n) is 3.48. The summed E-state index contributed by atoms with van der Waals surface area (Å²) in [4.78, 5) is 22.0. The van der Waals surface area contributed by atoms with Crippen LogP contribution in [0.4, 0.5) is 10.1 Å². The van der Waals surface area contributed by atoms with Crippen LogP contribution in [0.2, 0.25) is 0 Å². The zero-order chi connectivity index (χ0) is 20.7. The minimum Gasteiger partial charge on any atom is -0.335 e. The van der Waals surface area contributed by atoms with Crippen molar-refractivity contribution in [3.8, 4) is 11.3 Å². The first-order valence-corrected chi connectivity index (χ1v) is 9.29. The number of para-hydroxylation sites is 1. The van der Waals surface area contributed by atoms with E-state index >= 15 is 0 Å². The van der Waals surface area contributed by atoms with E-state index in [0.717, 1.165) is 5.39 Å². The van der Waals surface area contributed by atoms with Crippen LogP contribution in [-0.2, 0) is 0 Å². The molecule has 30 heavy (non-hydrogen) atoms. The van der Waals surface area contributed by atoms with Crippen molar-refractivity contribution in [1.82, 2.24) is 15.1 Å². The summed E-state index contributed by atoms with van der Waals surface area (Å²) in [5.41, 5.74) is 2.81. The van der Waals surface area contributed by atoms with E-state index in [-0.39, 0.29) is 22.9 Å². The summed E-state index contributed by atoms with van der Waals surface area (Å²) < 4.78 is 19.6. The van der Waals surface area contributed by atoms with Crippen molar-refractivity contribution in [3.05, 3.63) is 83.9 Å². The predicted molar refractivity (Wildman–Crippen MR) is 112 cm³/mol. The van der Waals surface area contributed by atoms with Crippen LogP contribution in [0.15, 0.2) is 71.4 Å². The van der Waals surface area contributed by atoms with Gasteiger partial charge >= 0.3 is 0 Å². The summed E-state index contributed by atoms with van der Waals surface area (Å²) >= 11 is 0. The zero-order valence-corrected chi connectivity index (χ0v) is 15.9. The van der Waals surface area contributed by atoms with E-state index in [4.69, 9.17) is 4.52 Å². The Hall–Kier alpha value is -4.13. The molecule has 146 valence electrons. The van der Waals surface area contributed by atoms with Crippen molar-refractivity contribution in [3.63, 3.8) is 0 Å². The molecule has 0 saturated carbocycles. The number of pyridine rings is 2. The van der Waals surface area contributed by atoms with Crippen LogP contribution < -0.4 is 5.32 Å². The lowest BCUT2D eigenvalue weighted by atomic mass is 10.0. The molecule has 0 bridgehead atoms. The number of anilines is 1. The van der Waals surface area contributed by atoms with E-state index in [1.807, 2.05) is 24.3 Å². The minimum absolute atomic E-state index is 0.175. The Morgan fingerprint density at radius 2 is 1.90 bits per heavy atom. The van der Waals surface area contributed by atoms with E-state index in [2.05, 4.69) is 20.4 Å². The maximum Gasteiger partial charge on any atom is 0.259 e. The second-order valence-electron chi connectivity index (χ2n) is 6.82. The molecule has 0 saturated heterocycles. The Morgan fingerprint density at radius 3 is 2.77 bits per heavy atom. The van der Waals surface area contributed by atoms with Crippen molar-refractivity contribution >= 4 is 33.6 Å². The number of nitrogens with zero attached hydrogens (tertiary/aromatic N) is 3. The number of aryl methyl sites for hydroxylation is 1. The lowest BCUT2D eigenvalue weighted by Gasteiger charge is -2.10. The smallest absolute Gasteiger partial charge is 0.259 e. The SMILES string of the molecule is Cc1noc2nc(-c3ccccc3F)cc(C(=O)Nc3cccc4cccnc34)c12. The molecule has 3 heterocycles. The molecule has 0 radical (unpaired) electrons. The van der Waals surface area contributed by atoms with Gasteiger partial charge in [0.05, 0.1) is 33.5 Å². The number of carbonyl (C=O) groups excluding carboxylic acids is 1. The number of rotatable bonds is 3. The van der Waals surface area contributed by atoms with Crippen LogP contribution in [-0.4, -0.2) is 21.0 Å². The fourth-order valence-corrected chi connectivity index (χ4v) is 3.48. The molecular weight excluding hydrogens is 383 g/mol. The largest absolute Gasteiger partial charge is 0.335 e. The number of hydrogen-bond donors (Lipinski definition) is 1. The summed E-state index contributed by atoms with van der Waals surface area (Å²) in [5.74, 6) is -0.824. The number of hydrogen-bond acceptors (Lipinski definition) is 5. The molecule has 3 aromatic heterocycles. The van der Waals surface area contributed by atoms with Crippen LogP contribution in [0, 0.1) is 12.7 Å². The highest BCUT2D eigenvalue weighted by Crippen LogP contribution is 2.29. The van der Waals surface area contributed by atoms with Crippen molar-refractivity contribution in [2.75, 3.05) is 5.32 Å². The second-order valence-corrected chi connectivity index (χ2v) is 6.82. The molecule has 2 aromatic carbocycles. The second kappa shape index (κ2) is 7.04. The van der Waals surface area contributed by atoms with Gasteiger partial charge in [-0.25, -0.2) is 9.37 Å². The number of carbonyl (C=O) groups is 1. The molecule has 0 atom stereocenters. The van der Waals surface area contributed by atoms with Crippen molar-refractivity contribution < 1.29 is 13.7 Å². The van der Waals surface area contributed by atoms with Gasteiger partial charge in [0.1, 0.15) is 5.82 Å². The summed E-state index contributed by atoms with van der Waals surface area (Å²) in [6, 6.07) is 17.1. The number of fused-ring (bicyclic) bond motifs is 2. The van der Waals surface area contributed by atoms with Gasteiger partial charge in [-0.15, -0.1) is 0 Å². The standard InChI is InChI=1S/C23H15FN4O2/c1-13-20-16(22(29)26-18-10-4-6-14-7-5-11-25-21(14)18)12-19(27-23(20)30-28-13)15-8-2-3-9-17(15)24/h2-12H,1H3,(H,26,29). The minimum atomic E-state index is -0.440. The zero-order valence-electron chi connectivity index (χ0n) is 15.9. The highest BCUT2D eigenvalue weighted by Gasteiger charge is 2.21. The average molecular weight is 398 g/mol. The van der Waals surface area contributed by atoms with Crippen molar-refractivity contribution in [2.24, 2.45) is 0 Å². The van der Waals surface area contributed by atoms with E-state index in [1.165, 1.54) is 6.07 Å². The Bertz CT molecular complexity index is 1420. The molecule has 1 amide bonds. The molecule has 0 spiro atoms. The highest BCUT2D eigenvalue weighted by molar-refractivity contribution is 6.15. The molecule has 1 N–H and O–H groups in total. The van der Waals surface area contributed by atoms with Crippen LogP contribution >= 0.6 is 0 Å². The number of halogens is 1. The van der Waals surface area contributed by atoms with Crippen LogP contribution in [0.25, 0.3) is 33.3 Å². The van der Waals surface area contributed by atoms with Crippen LogP contribution in [0.3, 0.4) is 0 Å². The van der Waals surface area contributed by atoms with Gasteiger partial charge in [0.15, 0.2) is 0 Å². The molecular formula is C23H15FN4O2. The maximum atomic E-state index is 14.3. The summed E-state index contributed by atoms with van der Waals surface area (Å²) in [5, 5.41) is 8.23. The molecule has 0 aliphatic rings. The monoisotopic (exact) mass is 398 g/mol. The fraction of sp³-hybridized carbons (Fsp3) is 0.0435. The molecule has 6 nitrogen and oxygen atoms in total. The number of benzene rings is 2. The van der Waals surface area contributed by atoms with Gasteiger partial charge in [-0.3, -0.25) is 9.78 Å². The molecule has 7 heteroatoms. The lowest BCUT2D eigenvalue weighted by Crippen LogP contribution is -2.13. The van der Waals surface area contributed by atoms with E-state index in [9.17, 15) is 9.18 Å². The number of amides is 1. The molecule has 0 fully saturated rings. The maximum absolute atomic E-state index is 14.3. The van der Waals surface area contributed by atoms with E-state index in [0.29, 0.717) is 27.8 Å². The first-order chi connectivity index (χ1) is 14.6. The van der Waals surface area contributed by atoms with E-state index in [1.54, 1.807) is 43.5 Å². The molecule has 0 aliphatic heterocycles. The summed E-state index contributed by atoms with van der Waals surface area (Å²) in [6.45, 7) is 1.73.